The lowest BCUT2D eigenvalue weighted by molar-refractivity contribution is 0.604. The number of rotatable bonds is 5. The number of halogens is 1. The second-order valence-electron chi connectivity index (χ2n) is 6.51. The van der Waals surface area contributed by atoms with Gasteiger partial charge in [-0.25, -0.2) is 4.39 Å². The topological polar surface area (TPSA) is 12.0 Å². The standard InChI is InChI=1S/C18H24FNS/c1-13-11-15(19)6-5-14(13)9-10-20-12-16-7-8-17(21-16)18(2,3)4/h5-8,11,20H,9-10,12H2,1-4H3. The summed E-state index contributed by atoms with van der Waals surface area (Å²) in [7, 11) is 0. The zero-order chi connectivity index (χ0) is 15.5. The highest BCUT2D eigenvalue weighted by molar-refractivity contribution is 7.12. The van der Waals surface area contributed by atoms with E-state index in [1.54, 1.807) is 6.07 Å². The number of aryl methyl sites for hydroxylation is 1. The Balaban J connectivity index is 1.81. The average molecular weight is 305 g/mol. The van der Waals surface area contributed by atoms with Crippen LogP contribution in [-0.4, -0.2) is 6.54 Å². The Kier molecular flexibility index (Phi) is 5.17. The molecule has 0 saturated carbocycles. The summed E-state index contributed by atoms with van der Waals surface area (Å²) in [4.78, 5) is 2.80. The van der Waals surface area contributed by atoms with Gasteiger partial charge in [0, 0.05) is 16.3 Å². The van der Waals surface area contributed by atoms with Crippen LogP contribution >= 0.6 is 11.3 Å². The summed E-state index contributed by atoms with van der Waals surface area (Å²) in [5.41, 5.74) is 2.47. The first-order valence-electron chi connectivity index (χ1n) is 7.41. The Labute approximate surface area is 131 Å². The van der Waals surface area contributed by atoms with Crippen LogP contribution in [0.4, 0.5) is 4.39 Å². The van der Waals surface area contributed by atoms with Crippen LogP contribution in [0.1, 0.15) is 41.7 Å². The molecule has 0 fully saturated rings. The van der Waals surface area contributed by atoms with Gasteiger partial charge in [-0.1, -0.05) is 26.8 Å². The van der Waals surface area contributed by atoms with E-state index in [0.717, 1.165) is 25.1 Å². The van der Waals surface area contributed by atoms with Gasteiger partial charge in [-0.2, -0.15) is 0 Å². The SMILES string of the molecule is Cc1cc(F)ccc1CCNCc1ccc(C(C)(C)C)s1. The average Bonchev–Trinajstić information content (AvgIpc) is 2.85. The van der Waals surface area contributed by atoms with Crippen LogP contribution in [0.3, 0.4) is 0 Å². The van der Waals surface area contributed by atoms with Crippen molar-refractivity contribution in [2.75, 3.05) is 6.54 Å². The van der Waals surface area contributed by atoms with E-state index in [-0.39, 0.29) is 11.2 Å². The van der Waals surface area contributed by atoms with E-state index >= 15 is 0 Å². The summed E-state index contributed by atoms with van der Waals surface area (Å²) in [5, 5.41) is 3.47. The van der Waals surface area contributed by atoms with Crippen molar-refractivity contribution in [1.82, 2.24) is 5.32 Å². The molecule has 0 bridgehead atoms. The zero-order valence-electron chi connectivity index (χ0n) is 13.3. The summed E-state index contributed by atoms with van der Waals surface area (Å²) < 4.78 is 13.0. The van der Waals surface area contributed by atoms with Crippen molar-refractivity contribution in [1.29, 1.82) is 0 Å². The molecule has 2 rings (SSSR count). The van der Waals surface area contributed by atoms with Gasteiger partial charge in [0.05, 0.1) is 0 Å². The molecule has 0 aliphatic carbocycles. The Hall–Kier alpha value is -1.19. The Morgan fingerprint density at radius 2 is 1.90 bits per heavy atom. The molecular formula is C18H24FNS. The molecule has 0 radical (unpaired) electrons. The van der Waals surface area contributed by atoms with Crippen molar-refractivity contribution < 1.29 is 4.39 Å². The van der Waals surface area contributed by atoms with Crippen LogP contribution in [0.15, 0.2) is 30.3 Å². The maximum atomic E-state index is 13.0. The predicted molar refractivity (Wildman–Crippen MR) is 89.6 cm³/mol. The van der Waals surface area contributed by atoms with Crippen molar-refractivity contribution in [3.63, 3.8) is 0 Å². The minimum absolute atomic E-state index is 0.155. The molecule has 1 aromatic carbocycles. The van der Waals surface area contributed by atoms with Gasteiger partial charge >= 0.3 is 0 Å². The molecule has 2 aromatic rings. The molecule has 0 amide bonds. The van der Waals surface area contributed by atoms with Gasteiger partial charge in [-0.3, -0.25) is 0 Å². The largest absolute Gasteiger partial charge is 0.312 e. The quantitative estimate of drug-likeness (QED) is 0.781. The highest BCUT2D eigenvalue weighted by Crippen LogP contribution is 2.29. The molecule has 0 saturated heterocycles. The van der Waals surface area contributed by atoms with Crippen molar-refractivity contribution in [2.45, 2.75) is 46.1 Å². The molecule has 3 heteroatoms. The molecule has 0 aliphatic rings. The molecular weight excluding hydrogens is 281 g/mol. The van der Waals surface area contributed by atoms with Crippen LogP contribution in [0, 0.1) is 12.7 Å². The van der Waals surface area contributed by atoms with Crippen LogP contribution in [0.5, 0.6) is 0 Å². The first kappa shape index (κ1) is 16.2. The van der Waals surface area contributed by atoms with Crippen molar-refractivity contribution in [3.05, 3.63) is 57.0 Å². The van der Waals surface area contributed by atoms with Crippen LogP contribution < -0.4 is 5.32 Å². The van der Waals surface area contributed by atoms with Gasteiger partial charge in [0.1, 0.15) is 5.82 Å². The molecule has 0 spiro atoms. The van der Waals surface area contributed by atoms with Crippen molar-refractivity contribution in [3.8, 4) is 0 Å². The normalized spacial score (nSPS) is 11.9. The van der Waals surface area contributed by atoms with E-state index in [1.807, 2.05) is 24.3 Å². The lowest BCUT2D eigenvalue weighted by atomic mass is 9.95. The Morgan fingerprint density at radius 3 is 2.52 bits per heavy atom. The molecule has 0 aliphatic heterocycles. The summed E-state index contributed by atoms with van der Waals surface area (Å²) in [5.74, 6) is -0.155. The molecule has 0 unspecified atom stereocenters. The molecule has 1 N–H and O–H groups in total. The van der Waals surface area contributed by atoms with Crippen molar-refractivity contribution >= 4 is 11.3 Å². The maximum Gasteiger partial charge on any atom is 0.123 e. The first-order chi connectivity index (χ1) is 9.86. The smallest absolute Gasteiger partial charge is 0.123 e. The maximum absolute atomic E-state index is 13.0. The molecule has 21 heavy (non-hydrogen) atoms. The number of thiophene rings is 1. The molecule has 114 valence electrons. The predicted octanol–water partition coefficient (Wildman–Crippen LogP) is 4.83. The summed E-state index contributed by atoms with van der Waals surface area (Å²) in [6.45, 7) is 10.5. The monoisotopic (exact) mass is 305 g/mol. The molecule has 1 heterocycles. The van der Waals surface area contributed by atoms with Gasteiger partial charge < -0.3 is 5.32 Å². The lowest BCUT2D eigenvalue weighted by Crippen LogP contribution is -2.16. The van der Waals surface area contributed by atoms with Gasteiger partial charge in [0.15, 0.2) is 0 Å². The second kappa shape index (κ2) is 6.71. The van der Waals surface area contributed by atoms with E-state index in [1.165, 1.54) is 21.4 Å². The fourth-order valence-corrected chi connectivity index (χ4v) is 3.29. The second-order valence-corrected chi connectivity index (χ2v) is 7.68. The molecule has 0 atom stereocenters. The third-order valence-electron chi connectivity index (χ3n) is 3.58. The minimum Gasteiger partial charge on any atom is -0.312 e. The number of hydrogen-bond acceptors (Lipinski definition) is 2. The van der Waals surface area contributed by atoms with Gasteiger partial charge in [-0.15, -0.1) is 11.3 Å². The van der Waals surface area contributed by atoms with Gasteiger partial charge in [0.2, 0.25) is 0 Å². The summed E-state index contributed by atoms with van der Waals surface area (Å²) in [6.07, 6.45) is 0.934. The van der Waals surface area contributed by atoms with E-state index < -0.39 is 0 Å². The Morgan fingerprint density at radius 1 is 1.14 bits per heavy atom. The summed E-state index contributed by atoms with van der Waals surface area (Å²) >= 11 is 1.88. The number of nitrogens with one attached hydrogen (secondary N) is 1. The van der Waals surface area contributed by atoms with E-state index in [2.05, 4.69) is 38.2 Å². The van der Waals surface area contributed by atoms with Gasteiger partial charge in [0.25, 0.3) is 0 Å². The van der Waals surface area contributed by atoms with E-state index in [0.29, 0.717) is 0 Å². The van der Waals surface area contributed by atoms with E-state index in [4.69, 9.17) is 0 Å². The highest BCUT2D eigenvalue weighted by Gasteiger charge is 2.15. The van der Waals surface area contributed by atoms with Gasteiger partial charge in [-0.05, 0) is 60.7 Å². The van der Waals surface area contributed by atoms with Crippen LogP contribution in [-0.2, 0) is 18.4 Å². The highest BCUT2D eigenvalue weighted by atomic mass is 32.1. The fourth-order valence-electron chi connectivity index (χ4n) is 2.25. The molecule has 1 aromatic heterocycles. The number of hydrogen-bond donors (Lipinski definition) is 1. The van der Waals surface area contributed by atoms with Crippen LogP contribution in [0.2, 0.25) is 0 Å². The summed E-state index contributed by atoms with van der Waals surface area (Å²) in [6, 6.07) is 9.46. The van der Waals surface area contributed by atoms with Crippen molar-refractivity contribution in [2.24, 2.45) is 0 Å². The lowest BCUT2D eigenvalue weighted by Gasteiger charge is -2.15. The third kappa shape index (κ3) is 4.65. The molecule has 1 nitrogen and oxygen atoms in total. The third-order valence-corrected chi connectivity index (χ3v) is 5.09. The number of benzene rings is 1. The first-order valence-corrected chi connectivity index (χ1v) is 8.23. The van der Waals surface area contributed by atoms with Crippen LogP contribution in [0.25, 0.3) is 0 Å². The van der Waals surface area contributed by atoms with E-state index in [9.17, 15) is 4.39 Å². The fraction of sp³-hybridized carbons (Fsp3) is 0.444. The minimum atomic E-state index is -0.155. The Bertz CT molecular complexity index is 596. The zero-order valence-corrected chi connectivity index (χ0v) is 14.1.